The first kappa shape index (κ1) is 14.0. The van der Waals surface area contributed by atoms with Crippen molar-refractivity contribution in [2.24, 2.45) is 5.92 Å². The predicted octanol–water partition coefficient (Wildman–Crippen LogP) is 2.25. The minimum absolute atomic E-state index is 0.192. The van der Waals surface area contributed by atoms with Crippen LogP contribution in [-0.4, -0.2) is 25.5 Å². The van der Waals surface area contributed by atoms with Gasteiger partial charge in [0, 0.05) is 12.1 Å². The van der Waals surface area contributed by atoms with Gasteiger partial charge in [-0.25, -0.2) is 4.39 Å². The van der Waals surface area contributed by atoms with Crippen molar-refractivity contribution in [2.45, 2.75) is 26.2 Å². The van der Waals surface area contributed by atoms with Gasteiger partial charge in [-0.3, -0.25) is 4.79 Å². The molecule has 1 aromatic rings. The molecule has 0 spiro atoms. The summed E-state index contributed by atoms with van der Waals surface area (Å²) in [6, 6.07) is 4.60. The molecule has 1 aliphatic heterocycles. The molecular weight excluding hydrogens is 243 g/mol. The molecule has 19 heavy (non-hydrogen) atoms. The maximum Gasteiger partial charge on any atom is 0.251 e. The quantitative estimate of drug-likeness (QED) is 0.875. The fourth-order valence-corrected chi connectivity index (χ4v) is 2.40. The Hall–Kier alpha value is -1.42. The molecule has 1 atom stereocenters. The lowest BCUT2D eigenvalue weighted by molar-refractivity contribution is 0.0950. The molecule has 1 aromatic carbocycles. The zero-order valence-corrected chi connectivity index (χ0v) is 11.3. The lowest BCUT2D eigenvalue weighted by Gasteiger charge is -2.22. The van der Waals surface area contributed by atoms with E-state index in [-0.39, 0.29) is 11.7 Å². The first-order valence-corrected chi connectivity index (χ1v) is 6.92. The van der Waals surface area contributed by atoms with Gasteiger partial charge in [0.1, 0.15) is 5.82 Å². The van der Waals surface area contributed by atoms with Crippen molar-refractivity contribution in [1.82, 2.24) is 10.6 Å². The Labute approximate surface area is 113 Å². The van der Waals surface area contributed by atoms with Crippen LogP contribution in [0.3, 0.4) is 0 Å². The molecule has 2 rings (SSSR count). The maximum atomic E-state index is 13.4. The van der Waals surface area contributed by atoms with E-state index in [1.54, 1.807) is 19.1 Å². The topological polar surface area (TPSA) is 41.1 Å². The highest BCUT2D eigenvalue weighted by Crippen LogP contribution is 2.13. The number of amides is 1. The third kappa shape index (κ3) is 4.03. The SMILES string of the molecule is Cc1ccc(C(=O)NCCC2CCCNC2)cc1F. The van der Waals surface area contributed by atoms with E-state index in [0.717, 1.165) is 19.5 Å². The normalized spacial score (nSPS) is 19.2. The van der Waals surface area contributed by atoms with E-state index in [1.165, 1.54) is 18.9 Å². The summed E-state index contributed by atoms with van der Waals surface area (Å²) in [5.74, 6) is 0.121. The zero-order chi connectivity index (χ0) is 13.7. The molecule has 1 aliphatic rings. The van der Waals surface area contributed by atoms with Gasteiger partial charge < -0.3 is 10.6 Å². The third-order valence-electron chi connectivity index (χ3n) is 3.67. The van der Waals surface area contributed by atoms with Gasteiger partial charge in [0.05, 0.1) is 0 Å². The highest BCUT2D eigenvalue weighted by molar-refractivity contribution is 5.94. The second kappa shape index (κ2) is 6.66. The Balaban J connectivity index is 1.78. The van der Waals surface area contributed by atoms with E-state index >= 15 is 0 Å². The van der Waals surface area contributed by atoms with Crippen molar-refractivity contribution in [1.29, 1.82) is 0 Å². The molecule has 1 amide bonds. The smallest absolute Gasteiger partial charge is 0.251 e. The molecule has 0 aromatic heterocycles. The van der Waals surface area contributed by atoms with E-state index < -0.39 is 0 Å². The second-order valence-corrected chi connectivity index (χ2v) is 5.22. The minimum Gasteiger partial charge on any atom is -0.352 e. The highest BCUT2D eigenvalue weighted by Gasteiger charge is 2.13. The number of halogens is 1. The number of nitrogens with one attached hydrogen (secondary N) is 2. The number of rotatable bonds is 4. The molecule has 1 fully saturated rings. The second-order valence-electron chi connectivity index (χ2n) is 5.22. The van der Waals surface area contributed by atoms with E-state index in [1.807, 2.05) is 0 Å². The summed E-state index contributed by atoms with van der Waals surface area (Å²) in [5.41, 5.74) is 0.953. The molecule has 0 bridgehead atoms. The summed E-state index contributed by atoms with van der Waals surface area (Å²) in [5, 5.41) is 6.22. The van der Waals surface area contributed by atoms with Crippen molar-refractivity contribution in [3.63, 3.8) is 0 Å². The summed E-state index contributed by atoms with van der Waals surface area (Å²) in [7, 11) is 0. The van der Waals surface area contributed by atoms with Gasteiger partial charge in [0.15, 0.2) is 0 Å². The summed E-state index contributed by atoms with van der Waals surface area (Å²) in [4.78, 5) is 11.9. The van der Waals surface area contributed by atoms with Gasteiger partial charge in [-0.1, -0.05) is 6.07 Å². The highest BCUT2D eigenvalue weighted by atomic mass is 19.1. The van der Waals surface area contributed by atoms with Crippen LogP contribution >= 0.6 is 0 Å². The number of benzene rings is 1. The van der Waals surface area contributed by atoms with Gasteiger partial charge in [-0.2, -0.15) is 0 Å². The molecule has 3 nitrogen and oxygen atoms in total. The molecule has 4 heteroatoms. The predicted molar refractivity (Wildman–Crippen MR) is 73.7 cm³/mol. The van der Waals surface area contributed by atoms with Crippen molar-refractivity contribution in [3.8, 4) is 0 Å². The number of hydrogen-bond donors (Lipinski definition) is 2. The number of piperidine rings is 1. The lowest BCUT2D eigenvalue weighted by atomic mass is 9.96. The van der Waals surface area contributed by atoms with E-state index in [2.05, 4.69) is 10.6 Å². The lowest BCUT2D eigenvalue weighted by Crippen LogP contribution is -2.33. The van der Waals surface area contributed by atoms with Crippen LogP contribution in [0.15, 0.2) is 18.2 Å². The fraction of sp³-hybridized carbons (Fsp3) is 0.533. The molecule has 1 saturated heterocycles. The van der Waals surface area contributed by atoms with E-state index in [0.29, 0.717) is 23.6 Å². The molecular formula is C15H21FN2O. The summed E-state index contributed by atoms with van der Waals surface area (Å²) in [6.45, 7) is 4.48. The van der Waals surface area contributed by atoms with Crippen LogP contribution < -0.4 is 10.6 Å². The molecule has 0 saturated carbocycles. The number of aryl methyl sites for hydroxylation is 1. The first-order valence-electron chi connectivity index (χ1n) is 6.92. The van der Waals surface area contributed by atoms with Crippen LogP contribution in [0.2, 0.25) is 0 Å². The van der Waals surface area contributed by atoms with Crippen LogP contribution in [0.4, 0.5) is 4.39 Å². The van der Waals surface area contributed by atoms with Crippen LogP contribution in [0.1, 0.15) is 35.2 Å². The Morgan fingerprint density at radius 3 is 3.05 bits per heavy atom. The Morgan fingerprint density at radius 2 is 2.37 bits per heavy atom. The molecule has 1 unspecified atom stereocenters. The molecule has 1 heterocycles. The molecule has 2 N–H and O–H groups in total. The monoisotopic (exact) mass is 264 g/mol. The summed E-state index contributed by atoms with van der Waals surface area (Å²) in [6.07, 6.45) is 3.41. The van der Waals surface area contributed by atoms with Gasteiger partial charge in [-0.05, 0) is 62.9 Å². The number of carbonyl (C=O) groups excluding carboxylic acids is 1. The van der Waals surface area contributed by atoms with E-state index in [4.69, 9.17) is 0 Å². The van der Waals surface area contributed by atoms with Crippen molar-refractivity contribution in [2.75, 3.05) is 19.6 Å². The fourth-order valence-electron chi connectivity index (χ4n) is 2.40. The van der Waals surface area contributed by atoms with Crippen LogP contribution in [0.25, 0.3) is 0 Å². The Kier molecular flexibility index (Phi) is 4.91. The van der Waals surface area contributed by atoms with Crippen molar-refractivity contribution < 1.29 is 9.18 Å². The van der Waals surface area contributed by atoms with Gasteiger partial charge in [0.2, 0.25) is 0 Å². The molecule has 0 radical (unpaired) electrons. The largest absolute Gasteiger partial charge is 0.352 e. The van der Waals surface area contributed by atoms with Gasteiger partial charge in [0.25, 0.3) is 5.91 Å². The van der Waals surface area contributed by atoms with Crippen LogP contribution in [-0.2, 0) is 0 Å². The molecule has 0 aliphatic carbocycles. The summed E-state index contributed by atoms with van der Waals surface area (Å²) < 4.78 is 13.4. The zero-order valence-electron chi connectivity index (χ0n) is 11.3. The third-order valence-corrected chi connectivity index (χ3v) is 3.67. The van der Waals surface area contributed by atoms with Crippen molar-refractivity contribution >= 4 is 5.91 Å². The summed E-state index contributed by atoms with van der Waals surface area (Å²) >= 11 is 0. The Morgan fingerprint density at radius 1 is 1.53 bits per heavy atom. The Bertz CT molecular complexity index is 442. The standard InChI is InChI=1S/C15H21FN2O/c1-11-4-5-13(9-14(11)16)15(19)18-8-6-12-3-2-7-17-10-12/h4-5,9,12,17H,2-3,6-8,10H2,1H3,(H,18,19). The van der Waals surface area contributed by atoms with Gasteiger partial charge >= 0.3 is 0 Å². The maximum absolute atomic E-state index is 13.4. The van der Waals surface area contributed by atoms with Crippen LogP contribution in [0.5, 0.6) is 0 Å². The number of carbonyl (C=O) groups is 1. The average molecular weight is 264 g/mol. The molecule has 104 valence electrons. The van der Waals surface area contributed by atoms with Gasteiger partial charge in [-0.15, -0.1) is 0 Å². The van der Waals surface area contributed by atoms with E-state index in [9.17, 15) is 9.18 Å². The average Bonchev–Trinajstić information content (AvgIpc) is 2.43. The van der Waals surface area contributed by atoms with Crippen LogP contribution in [0, 0.1) is 18.7 Å². The number of hydrogen-bond acceptors (Lipinski definition) is 2. The van der Waals surface area contributed by atoms with Crippen molar-refractivity contribution in [3.05, 3.63) is 35.1 Å². The minimum atomic E-state index is -0.330. The first-order chi connectivity index (χ1) is 9.16.